The van der Waals surface area contributed by atoms with E-state index in [1.54, 1.807) is 20.3 Å². The number of carbonyl (C=O) groups excluding carboxylic acids is 1. The molecule has 0 fully saturated rings. The Hall–Kier alpha value is -2.24. The summed E-state index contributed by atoms with van der Waals surface area (Å²) in [5, 5.41) is 6.73. The molecule has 5 nitrogen and oxygen atoms in total. The highest BCUT2D eigenvalue weighted by Gasteiger charge is 2.06. The summed E-state index contributed by atoms with van der Waals surface area (Å²) in [7, 11) is 3.21. The minimum Gasteiger partial charge on any atom is -0.493 e. The van der Waals surface area contributed by atoms with Crippen LogP contribution in [0.2, 0.25) is 5.02 Å². The second-order valence-electron chi connectivity index (χ2n) is 5.63. The molecule has 2 N–H and O–H groups in total. The number of halogens is 1. The van der Waals surface area contributed by atoms with Crippen LogP contribution >= 0.6 is 11.6 Å². The Morgan fingerprint density at radius 3 is 2.52 bits per heavy atom. The van der Waals surface area contributed by atoms with Crippen LogP contribution in [0.5, 0.6) is 11.5 Å². The van der Waals surface area contributed by atoms with Crippen molar-refractivity contribution in [2.45, 2.75) is 19.9 Å². The molecule has 0 radical (unpaired) electrons. The van der Waals surface area contributed by atoms with Crippen molar-refractivity contribution in [2.75, 3.05) is 26.1 Å². The third kappa shape index (κ3) is 5.66. The smallest absolute Gasteiger partial charge is 0.225 e. The molecular weight excluding hydrogens is 340 g/mol. The third-order valence-corrected chi connectivity index (χ3v) is 4.17. The highest BCUT2D eigenvalue weighted by molar-refractivity contribution is 6.31. The lowest BCUT2D eigenvalue weighted by molar-refractivity contribution is -0.116. The van der Waals surface area contributed by atoms with Crippen molar-refractivity contribution in [3.63, 3.8) is 0 Å². The molecule has 0 saturated heterocycles. The molecule has 134 valence electrons. The zero-order valence-corrected chi connectivity index (χ0v) is 15.4. The van der Waals surface area contributed by atoms with Gasteiger partial charge in [0.15, 0.2) is 11.5 Å². The van der Waals surface area contributed by atoms with E-state index in [9.17, 15) is 4.79 Å². The van der Waals surface area contributed by atoms with Crippen molar-refractivity contribution in [3.8, 4) is 11.5 Å². The molecule has 0 spiro atoms. The van der Waals surface area contributed by atoms with Gasteiger partial charge in [-0.2, -0.15) is 0 Å². The van der Waals surface area contributed by atoms with Crippen LogP contribution in [0.1, 0.15) is 17.5 Å². The van der Waals surface area contributed by atoms with Crippen molar-refractivity contribution in [2.24, 2.45) is 0 Å². The summed E-state index contributed by atoms with van der Waals surface area (Å²) in [5.74, 6) is 1.33. The van der Waals surface area contributed by atoms with Crippen molar-refractivity contribution in [1.82, 2.24) is 5.32 Å². The number of hydrogen-bond donors (Lipinski definition) is 2. The molecule has 0 heterocycles. The second kappa shape index (κ2) is 9.30. The monoisotopic (exact) mass is 362 g/mol. The lowest BCUT2D eigenvalue weighted by Gasteiger charge is -2.10. The van der Waals surface area contributed by atoms with Gasteiger partial charge in [0.1, 0.15) is 0 Å². The SMILES string of the molecule is COc1ccc(CNCCC(=O)Nc2ccc(C)c(Cl)c2)cc1OC. The minimum atomic E-state index is -0.0558. The average molecular weight is 363 g/mol. The first kappa shape index (κ1) is 19.1. The van der Waals surface area contributed by atoms with Gasteiger partial charge in [-0.25, -0.2) is 0 Å². The lowest BCUT2D eigenvalue weighted by atomic mass is 10.2. The maximum atomic E-state index is 12.0. The number of methoxy groups -OCH3 is 2. The van der Waals surface area contributed by atoms with Crippen LogP contribution in [-0.4, -0.2) is 26.7 Å². The summed E-state index contributed by atoms with van der Waals surface area (Å²) < 4.78 is 10.5. The van der Waals surface area contributed by atoms with Crippen LogP contribution in [-0.2, 0) is 11.3 Å². The van der Waals surface area contributed by atoms with E-state index >= 15 is 0 Å². The van der Waals surface area contributed by atoms with Crippen LogP contribution in [0.4, 0.5) is 5.69 Å². The summed E-state index contributed by atoms with van der Waals surface area (Å²) >= 11 is 6.06. The fourth-order valence-electron chi connectivity index (χ4n) is 2.32. The predicted octanol–water partition coefficient (Wildman–Crippen LogP) is 3.78. The van der Waals surface area contributed by atoms with E-state index in [1.165, 1.54) is 0 Å². The molecular formula is C19H23ClN2O3. The first-order valence-corrected chi connectivity index (χ1v) is 8.39. The molecule has 0 atom stereocenters. The minimum absolute atomic E-state index is 0.0558. The summed E-state index contributed by atoms with van der Waals surface area (Å²) in [6.07, 6.45) is 0.374. The maximum absolute atomic E-state index is 12.0. The van der Waals surface area contributed by atoms with Crippen molar-refractivity contribution >= 4 is 23.2 Å². The maximum Gasteiger partial charge on any atom is 0.225 e. The van der Waals surface area contributed by atoms with Crippen molar-refractivity contribution in [3.05, 3.63) is 52.5 Å². The van der Waals surface area contributed by atoms with Gasteiger partial charge < -0.3 is 20.1 Å². The molecule has 6 heteroatoms. The molecule has 1 amide bonds. The van der Waals surface area contributed by atoms with Crippen LogP contribution < -0.4 is 20.1 Å². The molecule has 0 aromatic heterocycles. The topological polar surface area (TPSA) is 59.6 Å². The van der Waals surface area contributed by atoms with E-state index in [4.69, 9.17) is 21.1 Å². The Bertz CT molecular complexity index is 735. The number of ether oxygens (including phenoxy) is 2. The van der Waals surface area contributed by atoms with Crippen LogP contribution in [0.25, 0.3) is 0 Å². The molecule has 0 aliphatic carbocycles. The number of rotatable bonds is 8. The van der Waals surface area contributed by atoms with Crippen LogP contribution in [0.15, 0.2) is 36.4 Å². The number of anilines is 1. The van der Waals surface area contributed by atoms with E-state index in [2.05, 4.69) is 10.6 Å². The van der Waals surface area contributed by atoms with E-state index < -0.39 is 0 Å². The standard InChI is InChI=1S/C19H23ClN2O3/c1-13-4-6-15(11-16(13)20)22-19(23)8-9-21-12-14-5-7-17(24-2)18(10-14)25-3/h4-7,10-11,21H,8-9,12H2,1-3H3,(H,22,23). The summed E-state index contributed by atoms with van der Waals surface area (Å²) in [6.45, 7) is 3.13. The fourth-order valence-corrected chi connectivity index (χ4v) is 2.50. The Kier molecular flexibility index (Phi) is 7.10. The van der Waals surface area contributed by atoms with Gasteiger partial charge in [0.2, 0.25) is 5.91 Å². The zero-order chi connectivity index (χ0) is 18.2. The quantitative estimate of drug-likeness (QED) is 0.701. The molecule has 0 saturated carbocycles. The van der Waals surface area contributed by atoms with Crippen molar-refractivity contribution < 1.29 is 14.3 Å². The van der Waals surface area contributed by atoms with Gasteiger partial charge in [-0.1, -0.05) is 23.7 Å². The Labute approximate surface area is 153 Å². The third-order valence-electron chi connectivity index (χ3n) is 3.76. The Morgan fingerprint density at radius 1 is 1.08 bits per heavy atom. The van der Waals surface area contributed by atoms with Crippen LogP contribution in [0, 0.1) is 6.92 Å². The molecule has 0 unspecified atom stereocenters. The number of nitrogens with one attached hydrogen (secondary N) is 2. The van der Waals surface area contributed by atoms with Crippen LogP contribution in [0.3, 0.4) is 0 Å². The van der Waals surface area contributed by atoms with Gasteiger partial charge >= 0.3 is 0 Å². The average Bonchev–Trinajstić information content (AvgIpc) is 2.61. The summed E-state index contributed by atoms with van der Waals surface area (Å²) in [5.41, 5.74) is 2.75. The van der Waals surface area contributed by atoms with Gasteiger partial charge in [0.05, 0.1) is 14.2 Å². The number of amides is 1. The number of benzene rings is 2. The Morgan fingerprint density at radius 2 is 1.84 bits per heavy atom. The normalized spacial score (nSPS) is 10.4. The summed E-state index contributed by atoms with van der Waals surface area (Å²) in [4.78, 5) is 12.0. The second-order valence-corrected chi connectivity index (χ2v) is 6.04. The molecule has 0 bridgehead atoms. The van der Waals surface area contributed by atoms with Crippen molar-refractivity contribution in [1.29, 1.82) is 0 Å². The number of hydrogen-bond acceptors (Lipinski definition) is 4. The molecule has 0 aliphatic heterocycles. The molecule has 2 aromatic carbocycles. The first-order chi connectivity index (χ1) is 12.0. The first-order valence-electron chi connectivity index (χ1n) is 8.01. The molecule has 2 aromatic rings. The van der Waals surface area contributed by atoms with Gasteiger partial charge in [-0.05, 0) is 42.3 Å². The van der Waals surface area contributed by atoms with Gasteiger partial charge in [-0.3, -0.25) is 4.79 Å². The molecule has 2 rings (SSSR count). The number of aryl methyl sites for hydroxylation is 1. The van der Waals surface area contributed by atoms with E-state index in [0.717, 1.165) is 11.1 Å². The highest BCUT2D eigenvalue weighted by atomic mass is 35.5. The van der Waals surface area contributed by atoms with E-state index in [0.29, 0.717) is 41.7 Å². The lowest BCUT2D eigenvalue weighted by Crippen LogP contribution is -2.21. The molecule has 0 aliphatic rings. The van der Waals surface area contributed by atoms with Gasteiger partial charge in [0, 0.05) is 30.2 Å². The highest BCUT2D eigenvalue weighted by Crippen LogP contribution is 2.27. The molecule has 25 heavy (non-hydrogen) atoms. The largest absolute Gasteiger partial charge is 0.493 e. The van der Waals surface area contributed by atoms with E-state index in [1.807, 2.05) is 37.3 Å². The fraction of sp³-hybridized carbons (Fsp3) is 0.316. The number of carbonyl (C=O) groups is 1. The van der Waals surface area contributed by atoms with Gasteiger partial charge in [-0.15, -0.1) is 0 Å². The van der Waals surface area contributed by atoms with E-state index in [-0.39, 0.29) is 5.91 Å². The zero-order valence-electron chi connectivity index (χ0n) is 14.7. The summed E-state index contributed by atoms with van der Waals surface area (Å²) in [6, 6.07) is 11.2. The Balaban J connectivity index is 1.77. The predicted molar refractivity (Wildman–Crippen MR) is 101 cm³/mol. The van der Waals surface area contributed by atoms with Gasteiger partial charge in [0.25, 0.3) is 0 Å².